The first-order valence-electron chi connectivity index (χ1n) is 6.39. The van der Waals surface area contributed by atoms with E-state index in [0.717, 1.165) is 19.4 Å². The zero-order valence-electron chi connectivity index (χ0n) is 10.9. The van der Waals surface area contributed by atoms with Gasteiger partial charge in [-0.2, -0.15) is 0 Å². The number of rotatable bonds is 3. The largest absolute Gasteiger partial charge is 0.378 e. The monoisotopic (exact) mass is 252 g/mol. The van der Waals surface area contributed by atoms with E-state index >= 15 is 0 Å². The van der Waals surface area contributed by atoms with Gasteiger partial charge in [0.05, 0.1) is 6.10 Å². The maximum atomic E-state index is 6.56. The third kappa shape index (κ3) is 3.02. The summed E-state index contributed by atoms with van der Waals surface area (Å²) in [4.78, 5) is 0. The molecule has 0 amide bonds. The zero-order valence-corrected chi connectivity index (χ0v) is 11.6. The van der Waals surface area contributed by atoms with Gasteiger partial charge < -0.3 is 4.74 Å². The van der Waals surface area contributed by atoms with E-state index in [9.17, 15) is 0 Å². The minimum Gasteiger partial charge on any atom is -0.378 e. The summed E-state index contributed by atoms with van der Waals surface area (Å²) >= 11 is 6.56. The zero-order chi connectivity index (χ0) is 12.4. The average Bonchev–Trinajstić information content (AvgIpc) is 2.70. The van der Waals surface area contributed by atoms with Gasteiger partial charge in [0, 0.05) is 17.9 Å². The summed E-state index contributed by atoms with van der Waals surface area (Å²) in [5, 5.41) is 0.188. The van der Waals surface area contributed by atoms with Crippen LogP contribution in [-0.2, 0) is 11.2 Å². The number of ether oxygens (including phenoxy) is 1. The van der Waals surface area contributed by atoms with Crippen molar-refractivity contribution in [2.75, 3.05) is 6.61 Å². The van der Waals surface area contributed by atoms with Crippen LogP contribution in [0.15, 0.2) is 18.2 Å². The summed E-state index contributed by atoms with van der Waals surface area (Å²) < 4.78 is 5.59. The molecule has 1 aliphatic heterocycles. The molecule has 0 aromatic heterocycles. The predicted octanol–water partition coefficient (Wildman–Crippen LogP) is 3.88. The molecule has 94 valence electrons. The van der Waals surface area contributed by atoms with Crippen LogP contribution in [0.25, 0.3) is 0 Å². The van der Waals surface area contributed by atoms with E-state index in [1.165, 1.54) is 16.7 Å². The van der Waals surface area contributed by atoms with E-state index in [0.29, 0.717) is 12.0 Å². The number of alkyl halides is 1. The first kappa shape index (κ1) is 12.9. The van der Waals surface area contributed by atoms with Crippen LogP contribution in [0, 0.1) is 19.8 Å². The Labute approximate surface area is 109 Å². The number of aryl methyl sites for hydroxylation is 2. The number of halogens is 1. The first-order chi connectivity index (χ1) is 8.08. The van der Waals surface area contributed by atoms with Crippen molar-refractivity contribution in [2.45, 2.75) is 45.1 Å². The SMILES string of the molecule is Cc1ccc(C)c(CC(Cl)C2CCOC2C)c1. The predicted molar refractivity (Wildman–Crippen MR) is 72.8 cm³/mol. The lowest BCUT2D eigenvalue weighted by Crippen LogP contribution is -2.24. The molecule has 3 unspecified atom stereocenters. The lowest BCUT2D eigenvalue weighted by atomic mass is 9.92. The van der Waals surface area contributed by atoms with Crippen molar-refractivity contribution >= 4 is 11.6 Å². The Morgan fingerprint density at radius 1 is 1.41 bits per heavy atom. The molecule has 1 aromatic carbocycles. The van der Waals surface area contributed by atoms with Gasteiger partial charge in [-0.05, 0) is 44.7 Å². The molecule has 1 nitrogen and oxygen atoms in total. The fourth-order valence-electron chi connectivity index (χ4n) is 2.60. The molecule has 0 bridgehead atoms. The highest BCUT2D eigenvalue weighted by molar-refractivity contribution is 6.21. The van der Waals surface area contributed by atoms with Gasteiger partial charge in [0.25, 0.3) is 0 Å². The summed E-state index contributed by atoms with van der Waals surface area (Å²) in [6, 6.07) is 6.59. The maximum absolute atomic E-state index is 6.56. The Bertz CT molecular complexity index is 389. The van der Waals surface area contributed by atoms with E-state index in [4.69, 9.17) is 16.3 Å². The summed E-state index contributed by atoms with van der Waals surface area (Å²) in [6.45, 7) is 7.29. The normalized spacial score (nSPS) is 26.1. The van der Waals surface area contributed by atoms with Crippen molar-refractivity contribution in [3.63, 3.8) is 0 Å². The molecule has 1 saturated heterocycles. The lowest BCUT2D eigenvalue weighted by Gasteiger charge is -2.21. The van der Waals surface area contributed by atoms with Gasteiger partial charge in [-0.25, -0.2) is 0 Å². The second-order valence-corrected chi connectivity index (χ2v) is 5.74. The van der Waals surface area contributed by atoms with E-state index in [2.05, 4.69) is 39.0 Å². The molecule has 0 N–H and O–H groups in total. The Kier molecular flexibility index (Phi) is 4.11. The van der Waals surface area contributed by atoms with Crippen LogP contribution in [0.5, 0.6) is 0 Å². The van der Waals surface area contributed by atoms with Gasteiger partial charge in [-0.15, -0.1) is 11.6 Å². The number of hydrogen-bond acceptors (Lipinski definition) is 1. The molecule has 0 radical (unpaired) electrons. The summed E-state index contributed by atoms with van der Waals surface area (Å²) in [5.41, 5.74) is 4.03. The standard InChI is InChI=1S/C15H21ClO/c1-10-4-5-11(2)13(8-10)9-15(16)14-6-7-17-12(14)3/h4-5,8,12,14-15H,6-7,9H2,1-3H3. The molecule has 0 aliphatic carbocycles. The summed E-state index contributed by atoms with van der Waals surface area (Å²) in [7, 11) is 0. The summed E-state index contributed by atoms with van der Waals surface area (Å²) in [5.74, 6) is 0.497. The molecule has 17 heavy (non-hydrogen) atoms. The topological polar surface area (TPSA) is 9.23 Å². The van der Waals surface area contributed by atoms with E-state index in [1.807, 2.05) is 0 Å². The minimum atomic E-state index is 0.188. The molecular formula is C15H21ClO. The van der Waals surface area contributed by atoms with Crippen LogP contribution in [0.2, 0.25) is 0 Å². The van der Waals surface area contributed by atoms with Crippen molar-refractivity contribution in [2.24, 2.45) is 5.92 Å². The van der Waals surface area contributed by atoms with E-state index in [-0.39, 0.29) is 5.38 Å². The Morgan fingerprint density at radius 2 is 2.18 bits per heavy atom. The molecule has 2 heteroatoms. The highest BCUT2D eigenvalue weighted by Crippen LogP contribution is 2.30. The molecule has 3 atom stereocenters. The van der Waals surface area contributed by atoms with Crippen molar-refractivity contribution in [1.82, 2.24) is 0 Å². The number of benzene rings is 1. The molecular weight excluding hydrogens is 232 g/mol. The second-order valence-electron chi connectivity index (χ2n) is 5.18. The van der Waals surface area contributed by atoms with Crippen LogP contribution in [0.1, 0.15) is 30.0 Å². The number of hydrogen-bond donors (Lipinski definition) is 0. The quantitative estimate of drug-likeness (QED) is 0.742. The fraction of sp³-hybridized carbons (Fsp3) is 0.600. The van der Waals surface area contributed by atoms with Gasteiger partial charge in [0.2, 0.25) is 0 Å². The minimum absolute atomic E-state index is 0.188. The molecule has 0 spiro atoms. The van der Waals surface area contributed by atoms with Crippen molar-refractivity contribution in [1.29, 1.82) is 0 Å². The van der Waals surface area contributed by atoms with Gasteiger partial charge in [-0.1, -0.05) is 23.8 Å². The molecule has 1 aliphatic rings. The van der Waals surface area contributed by atoms with Gasteiger partial charge >= 0.3 is 0 Å². The Hall–Kier alpha value is -0.530. The van der Waals surface area contributed by atoms with Crippen molar-refractivity contribution < 1.29 is 4.74 Å². The fourth-order valence-corrected chi connectivity index (χ4v) is 3.10. The molecule has 1 aromatic rings. The van der Waals surface area contributed by atoms with Gasteiger partial charge in [-0.3, -0.25) is 0 Å². The third-order valence-electron chi connectivity index (χ3n) is 3.82. The lowest BCUT2D eigenvalue weighted by molar-refractivity contribution is 0.105. The highest BCUT2D eigenvalue weighted by atomic mass is 35.5. The van der Waals surface area contributed by atoms with Crippen LogP contribution in [0.4, 0.5) is 0 Å². The third-order valence-corrected chi connectivity index (χ3v) is 4.30. The highest BCUT2D eigenvalue weighted by Gasteiger charge is 2.30. The average molecular weight is 253 g/mol. The summed E-state index contributed by atoms with van der Waals surface area (Å²) in [6.07, 6.45) is 2.36. The molecule has 0 saturated carbocycles. The Balaban J connectivity index is 2.07. The van der Waals surface area contributed by atoms with E-state index < -0.39 is 0 Å². The second kappa shape index (κ2) is 5.41. The van der Waals surface area contributed by atoms with Crippen molar-refractivity contribution in [3.05, 3.63) is 34.9 Å². The maximum Gasteiger partial charge on any atom is 0.0590 e. The Morgan fingerprint density at radius 3 is 2.82 bits per heavy atom. The van der Waals surface area contributed by atoms with Gasteiger partial charge in [0.1, 0.15) is 0 Å². The first-order valence-corrected chi connectivity index (χ1v) is 6.83. The van der Waals surface area contributed by atoms with Crippen LogP contribution in [0.3, 0.4) is 0 Å². The molecule has 1 heterocycles. The smallest absolute Gasteiger partial charge is 0.0590 e. The molecule has 1 fully saturated rings. The van der Waals surface area contributed by atoms with Crippen LogP contribution >= 0.6 is 11.6 Å². The molecule has 2 rings (SSSR count). The van der Waals surface area contributed by atoms with Gasteiger partial charge in [0.15, 0.2) is 0 Å². The van der Waals surface area contributed by atoms with Crippen molar-refractivity contribution in [3.8, 4) is 0 Å². The van der Waals surface area contributed by atoms with Crippen LogP contribution in [-0.4, -0.2) is 18.1 Å². The van der Waals surface area contributed by atoms with E-state index in [1.54, 1.807) is 0 Å². The van der Waals surface area contributed by atoms with Crippen LogP contribution < -0.4 is 0 Å².